The molecule has 2 aromatic carbocycles. The first-order valence-corrected chi connectivity index (χ1v) is 16.4. The summed E-state index contributed by atoms with van der Waals surface area (Å²) in [4.78, 5) is 25.8. The smallest absolute Gasteiger partial charge is 0.250 e. The number of ketones is 1. The zero-order valence-corrected chi connectivity index (χ0v) is 23.6. The highest BCUT2D eigenvalue weighted by Gasteiger charge is 2.53. The Labute approximate surface area is 216 Å². The van der Waals surface area contributed by atoms with E-state index in [9.17, 15) is 9.59 Å². The Bertz CT molecular complexity index is 1140. The monoisotopic (exact) mass is 506 g/mol. The van der Waals surface area contributed by atoms with E-state index in [4.69, 9.17) is 4.43 Å². The molecule has 0 aromatic heterocycles. The summed E-state index contributed by atoms with van der Waals surface area (Å²) < 4.78 is 6.95. The average molecular weight is 507 g/mol. The van der Waals surface area contributed by atoms with Crippen LogP contribution in [0.5, 0.6) is 5.75 Å². The van der Waals surface area contributed by atoms with Crippen molar-refractivity contribution in [3.63, 3.8) is 0 Å². The third kappa shape index (κ3) is 4.44. The Kier molecular flexibility index (Phi) is 6.11. The highest BCUT2D eigenvalue weighted by Crippen LogP contribution is 2.62. The lowest BCUT2D eigenvalue weighted by Gasteiger charge is -2.57. The molecule has 0 spiro atoms. The first-order chi connectivity index (χ1) is 16.4. The molecule has 0 radical (unpaired) electrons. The maximum absolute atomic E-state index is 13.7. The van der Waals surface area contributed by atoms with E-state index in [0.29, 0.717) is 16.7 Å². The van der Waals surface area contributed by atoms with E-state index >= 15 is 0 Å². The normalized spacial score (nSPS) is 27.7. The quantitative estimate of drug-likeness (QED) is 0.246. The minimum atomic E-state index is -2.06. The van der Waals surface area contributed by atoms with E-state index in [2.05, 4.69) is 52.6 Å². The van der Waals surface area contributed by atoms with Gasteiger partial charge in [-0.2, -0.15) is 0 Å². The second-order valence-electron chi connectivity index (χ2n) is 13.0. The Hall–Kier alpha value is -1.85. The molecule has 0 atom stereocenters. The van der Waals surface area contributed by atoms with Crippen molar-refractivity contribution >= 4 is 31.8 Å². The van der Waals surface area contributed by atoms with Crippen molar-refractivity contribution in [2.45, 2.75) is 82.8 Å². The van der Waals surface area contributed by atoms with Crippen LogP contribution in [-0.2, 0) is 5.41 Å². The SMILES string of the molecule is CC(C)(C)[Si](C)(C)Oc1ccc(C(=O)c2ccccc2C(=O)S)cc1C12CC3CC(CC(C3)C1)C2. The van der Waals surface area contributed by atoms with Crippen LogP contribution in [0.3, 0.4) is 0 Å². The van der Waals surface area contributed by atoms with E-state index in [1.807, 2.05) is 18.2 Å². The van der Waals surface area contributed by atoms with E-state index in [-0.39, 0.29) is 21.4 Å². The van der Waals surface area contributed by atoms with Gasteiger partial charge in [-0.3, -0.25) is 9.59 Å². The summed E-state index contributed by atoms with van der Waals surface area (Å²) in [5, 5.41) is -0.292. The lowest BCUT2D eigenvalue weighted by atomic mass is 9.48. The summed E-state index contributed by atoms with van der Waals surface area (Å²) in [6, 6.07) is 13.1. The van der Waals surface area contributed by atoms with Crippen molar-refractivity contribution in [1.29, 1.82) is 0 Å². The summed E-state index contributed by atoms with van der Waals surface area (Å²) in [5.74, 6) is 3.25. The standard InChI is InChI=1S/C30H38O3SSi/c1-29(2,3)35(4,5)33-26-11-10-22(27(31)23-8-6-7-9-24(23)28(32)34)15-25(26)30-16-19-12-20(17-30)14-21(13-19)18-30/h6-11,15,19-21H,12-14,16-18H2,1-5H3,(H,32,34). The van der Waals surface area contributed by atoms with Crippen molar-refractivity contribution in [2.75, 3.05) is 0 Å². The fourth-order valence-electron chi connectivity index (χ4n) is 7.07. The molecule has 6 rings (SSSR count). The molecule has 35 heavy (non-hydrogen) atoms. The van der Waals surface area contributed by atoms with Gasteiger partial charge in [-0.05, 0) is 110 Å². The molecule has 4 fully saturated rings. The molecular formula is C30H38O3SSi. The van der Waals surface area contributed by atoms with Gasteiger partial charge in [-0.1, -0.05) is 39.0 Å². The summed E-state index contributed by atoms with van der Waals surface area (Å²) >= 11 is 4.01. The molecule has 3 nitrogen and oxygen atoms in total. The number of hydrogen-bond donors (Lipinski definition) is 1. The maximum atomic E-state index is 13.7. The molecule has 0 saturated heterocycles. The molecule has 0 unspecified atom stereocenters. The summed E-state index contributed by atoms with van der Waals surface area (Å²) in [7, 11) is -2.06. The Morgan fingerprint density at radius 2 is 1.46 bits per heavy atom. The van der Waals surface area contributed by atoms with Crippen molar-refractivity contribution in [2.24, 2.45) is 17.8 Å². The van der Waals surface area contributed by atoms with Gasteiger partial charge in [0.05, 0.1) is 0 Å². The summed E-state index contributed by atoms with van der Waals surface area (Å²) in [6.07, 6.45) is 7.72. The lowest BCUT2D eigenvalue weighted by Crippen LogP contribution is -2.49. The van der Waals surface area contributed by atoms with Crippen LogP contribution in [0.15, 0.2) is 42.5 Å². The average Bonchev–Trinajstić information content (AvgIpc) is 2.77. The molecule has 0 amide bonds. The van der Waals surface area contributed by atoms with E-state index in [1.165, 1.54) is 44.1 Å². The predicted molar refractivity (Wildman–Crippen MR) is 147 cm³/mol. The largest absolute Gasteiger partial charge is 0.543 e. The van der Waals surface area contributed by atoms with E-state index < -0.39 is 8.32 Å². The third-order valence-electron chi connectivity index (χ3n) is 9.42. The van der Waals surface area contributed by atoms with Crippen LogP contribution >= 0.6 is 12.6 Å². The van der Waals surface area contributed by atoms with Crippen LogP contribution in [-0.4, -0.2) is 19.2 Å². The topological polar surface area (TPSA) is 43.4 Å². The minimum absolute atomic E-state index is 0.0894. The summed E-state index contributed by atoms with van der Waals surface area (Å²) in [6.45, 7) is 11.4. The van der Waals surface area contributed by atoms with Gasteiger partial charge < -0.3 is 4.43 Å². The molecule has 0 heterocycles. The van der Waals surface area contributed by atoms with Gasteiger partial charge in [0.1, 0.15) is 5.75 Å². The number of carbonyl (C=O) groups excluding carboxylic acids is 2. The van der Waals surface area contributed by atoms with Crippen molar-refractivity contribution in [3.8, 4) is 5.75 Å². The van der Waals surface area contributed by atoms with E-state index in [0.717, 1.165) is 23.5 Å². The molecule has 2 aromatic rings. The molecule has 0 N–H and O–H groups in total. The van der Waals surface area contributed by atoms with Crippen LogP contribution in [0.4, 0.5) is 0 Å². The number of carbonyl (C=O) groups is 2. The fourth-order valence-corrected chi connectivity index (χ4v) is 8.30. The predicted octanol–water partition coefficient (Wildman–Crippen LogP) is 7.84. The van der Waals surface area contributed by atoms with Gasteiger partial charge in [0.15, 0.2) is 5.78 Å². The van der Waals surface area contributed by atoms with Gasteiger partial charge in [0.2, 0.25) is 13.4 Å². The van der Waals surface area contributed by atoms with Crippen LogP contribution < -0.4 is 4.43 Å². The van der Waals surface area contributed by atoms with Crippen LogP contribution in [0.25, 0.3) is 0 Å². The zero-order chi connectivity index (χ0) is 25.2. The van der Waals surface area contributed by atoms with Gasteiger partial charge in [0, 0.05) is 16.7 Å². The number of benzene rings is 2. The lowest BCUT2D eigenvalue weighted by molar-refractivity contribution is -0.00588. The van der Waals surface area contributed by atoms with Gasteiger partial charge in [-0.25, -0.2) is 0 Å². The number of hydrogen-bond acceptors (Lipinski definition) is 3. The first kappa shape index (κ1) is 24.8. The zero-order valence-electron chi connectivity index (χ0n) is 21.7. The molecule has 0 aliphatic heterocycles. The van der Waals surface area contributed by atoms with Crippen molar-refractivity contribution in [1.82, 2.24) is 0 Å². The molecular weight excluding hydrogens is 468 g/mol. The summed E-state index contributed by atoms with van der Waals surface area (Å²) in [5.41, 5.74) is 2.75. The Morgan fingerprint density at radius 1 is 0.914 bits per heavy atom. The number of thiol groups is 1. The second-order valence-corrected chi connectivity index (χ2v) is 18.1. The van der Waals surface area contributed by atoms with E-state index in [1.54, 1.807) is 18.2 Å². The second kappa shape index (κ2) is 8.62. The Morgan fingerprint density at radius 3 is 1.97 bits per heavy atom. The minimum Gasteiger partial charge on any atom is -0.543 e. The number of rotatable bonds is 6. The molecule has 4 bridgehead atoms. The molecule has 186 valence electrons. The highest BCUT2D eigenvalue weighted by molar-refractivity contribution is 7.97. The van der Waals surface area contributed by atoms with Crippen LogP contribution in [0.2, 0.25) is 18.1 Å². The van der Waals surface area contributed by atoms with Crippen molar-refractivity contribution in [3.05, 3.63) is 64.7 Å². The third-order valence-corrected chi connectivity index (χ3v) is 14.0. The fraction of sp³-hybridized carbons (Fsp3) is 0.533. The highest BCUT2D eigenvalue weighted by atomic mass is 32.1. The van der Waals surface area contributed by atoms with Gasteiger partial charge >= 0.3 is 0 Å². The van der Waals surface area contributed by atoms with Gasteiger partial charge in [-0.15, -0.1) is 12.6 Å². The first-order valence-electron chi connectivity index (χ1n) is 13.1. The van der Waals surface area contributed by atoms with Gasteiger partial charge in [0.25, 0.3) is 0 Å². The molecule has 4 saturated carbocycles. The van der Waals surface area contributed by atoms with Crippen molar-refractivity contribution < 1.29 is 14.0 Å². The molecule has 4 aliphatic carbocycles. The molecule has 4 aliphatic rings. The van der Waals surface area contributed by atoms with Crippen LogP contribution in [0, 0.1) is 17.8 Å². The Balaban J connectivity index is 1.61. The molecule has 5 heteroatoms. The van der Waals surface area contributed by atoms with Crippen LogP contribution in [0.1, 0.15) is 91.1 Å². The maximum Gasteiger partial charge on any atom is 0.250 e.